The van der Waals surface area contributed by atoms with Gasteiger partial charge in [-0.3, -0.25) is 0 Å². The first-order valence-electron chi connectivity index (χ1n) is 4.44. The van der Waals surface area contributed by atoms with Gasteiger partial charge in [-0.1, -0.05) is 18.2 Å². The van der Waals surface area contributed by atoms with Crippen molar-refractivity contribution in [3.63, 3.8) is 0 Å². The maximum absolute atomic E-state index is 11.1. The fourth-order valence-electron chi connectivity index (χ4n) is 0.727. The summed E-state index contributed by atoms with van der Waals surface area (Å²) in [5, 5.41) is 8.37. The number of hydrogen-bond donors (Lipinski definition) is 1. The quantitative estimate of drug-likeness (QED) is 0.426. The third kappa shape index (κ3) is 7.25. The molecule has 0 radical (unpaired) electrons. The van der Waals surface area contributed by atoms with E-state index in [0.717, 1.165) is 6.08 Å². The largest absolute Gasteiger partial charge is 0.478 e. The lowest BCUT2D eigenvalue weighted by Gasteiger charge is -1.99. The van der Waals surface area contributed by atoms with Crippen molar-refractivity contribution >= 4 is 11.9 Å². The highest BCUT2D eigenvalue weighted by molar-refractivity contribution is 5.95. The molecule has 0 bridgehead atoms. The van der Waals surface area contributed by atoms with E-state index in [1.165, 1.54) is 6.92 Å². The number of esters is 1. The van der Waals surface area contributed by atoms with E-state index in [1.807, 2.05) is 13.0 Å². The van der Waals surface area contributed by atoms with E-state index in [1.54, 1.807) is 18.2 Å². The average molecular weight is 210 g/mol. The zero-order chi connectivity index (χ0) is 11.7. The topological polar surface area (TPSA) is 63.6 Å². The molecule has 15 heavy (non-hydrogen) atoms. The molecular weight excluding hydrogens is 196 g/mol. The Labute approximate surface area is 88.6 Å². The van der Waals surface area contributed by atoms with Crippen LogP contribution in [0.1, 0.15) is 13.8 Å². The number of allylic oxidation sites excluding steroid dienone is 3. The fraction of sp³-hybridized carbons (Fsp3) is 0.273. The van der Waals surface area contributed by atoms with Gasteiger partial charge in [0, 0.05) is 11.6 Å². The van der Waals surface area contributed by atoms with Crippen LogP contribution in [0.4, 0.5) is 0 Å². The molecule has 0 amide bonds. The number of carbonyl (C=O) groups is 2. The van der Waals surface area contributed by atoms with E-state index >= 15 is 0 Å². The Bertz CT molecular complexity index is 311. The second kappa shape index (κ2) is 7.55. The first-order chi connectivity index (χ1) is 7.07. The molecule has 0 saturated carbocycles. The number of carboxylic acids is 1. The van der Waals surface area contributed by atoms with Gasteiger partial charge < -0.3 is 9.84 Å². The average Bonchev–Trinajstić information content (AvgIpc) is 2.16. The summed E-state index contributed by atoms with van der Waals surface area (Å²) in [5.74, 6) is -1.78. The van der Waals surface area contributed by atoms with Crippen LogP contribution in [0.2, 0.25) is 0 Å². The molecule has 0 atom stereocenters. The Morgan fingerprint density at radius 2 is 2.00 bits per heavy atom. The molecule has 0 aliphatic heterocycles. The van der Waals surface area contributed by atoms with Gasteiger partial charge in [-0.2, -0.15) is 0 Å². The van der Waals surface area contributed by atoms with Crippen molar-refractivity contribution < 1.29 is 19.4 Å². The van der Waals surface area contributed by atoms with Crippen molar-refractivity contribution in [2.45, 2.75) is 13.8 Å². The van der Waals surface area contributed by atoms with E-state index in [2.05, 4.69) is 0 Å². The molecule has 0 heterocycles. The number of ether oxygens (including phenoxy) is 1. The van der Waals surface area contributed by atoms with Crippen LogP contribution in [0.25, 0.3) is 0 Å². The smallest absolute Gasteiger partial charge is 0.334 e. The summed E-state index contributed by atoms with van der Waals surface area (Å²) in [6.07, 6.45) is 7.86. The standard InChI is InChI=1S/C11H14O4/c1-3-4-5-6-7-15-11(14)9(2)8-10(12)13/h3-6,8H,7H2,1-2H3,(H,12,13)/b4-3+,6-5+,9-8-. The van der Waals surface area contributed by atoms with E-state index in [4.69, 9.17) is 9.84 Å². The second-order valence-electron chi connectivity index (χ2n) is 2.72. The van der Waals surface area contributed by atoms with Crippen molar-refractivity contribution in [1.29, 1.82) is 0 Å². The second-order valence-corrected chi connectivity index (χ2v) is 2.72. The summed E-state index contributed by atoms with van der Waals surface area (Å²) in [7, 11) is 0. The van der Waals surface area contributed by atoms with E-state index in [-0.39, 0.29) is 12.2 Å². The zero-order valence-electron chi connectivity index (χ0n) is 8.77. The molecule has 0 saturated heterocycles. The lowest BCUT2D eigenvalue weighted by atomic mass is 10.3. The molecule has 0 aliphatic carbocycles. The highest BCUT2D eigenvalue weighted by atomic mass is 16.5. The summed E-state index contributed by atoms with van der Waals surface area (Å²) >= 11 is 0. The number of carboxylic acid groups (broad SMARTS) is 1. The zero-order valence-corrected chi connectivity index (χ0v) is 8.77. The summed E-state index contributed by atoms with van der Waals surface area (Å²) in [5.41, 5.74) is 0.0712. The first kappa shape index (κ1) is 13.2. The third-order valence-electron chi connectivity index (χ3n) is 1.41. The highest BCUT2D eigenvalue weighted by Gasteiger charge is 2.05. The molecule has 0 aromatic heterocycles. The molecule has 0 spiro atoms. The minimum atomic E-state index is -1.16. The molecule has 4 heteroatoms. The molecule has 0 unspecified atom stereocenters. The molecular formula is C11H14O4. The Hall–Kier alpha value is -1.84. The summed E-state index contributed by atoms with van der Waals surface area (Å²) in [4.78, 5) is 21.3. The molecule has 0 rings (SSSR count). The first-order valence-corrected chi connectivity index (χ1v) is 4.44. The molecule has 0 aromatic carbocycles. The summed E-state index contributed by atoms with van der Waals surface area (Å²) < 4.78 is 4.76. The maximum Gasteiger partial charge on any atom is 0.334 e. The van der Waals surface area contributed by atoms with Gasteiger partial charge in [0.1, 0.15) is 6.61 Å². The normalized spacial score (nSPS) is 12.3. The minimum absolute atomic E-state index is 0.0712. The monoisotopic (exact) mass is 210 g/mol. The Balaban J connectivity index is 3.99. The van der Waals surface area contributed by atoms with Crippen LogP contribution in [0.15, 0.2) is 36.0 Å². The van der Waals surface area contributed by atoms with Gasteiger partial charge in [-0.25, -0.2) is 9.59 Å². The molecule has 82 valence electrons. The van der Waals surface area contributed by atoms with Crippen LogP contribution in [0.5, 0.6) is 0 Å². The predicted molar refractivity (Wildman–Crippen MR) is 56.3 cm³/mol. The molecule has 0 aromatic rings. The predicted octanol–water partition coefficient (Wildman–Crippen LogP) is 1.69. The fourth-order valence-corrected chi connectivity index (χ4v) is 0.727. The summed E-state index contributed by atoms with van der Waals surface area (Å²) in [6.45, 7) is 3.40. The van der Waals surface area contributed by atoms with E-state index < -0.39 is 11.9 Å². The van der Waals surface area contributed by atoms with Crippen LogP contribution < -0.4 is 0 Å². The number of hydrogen-bond acceptors (Lipinski definition) is 3. The SMILES string of the molecule is C/C=C/C=C/COC(=O)/C(C)=C\C(=O)O. The molecule has 0 fully saturated rings. The van der Waals surface area contributed by atoms with Gasteiger partial charge in [0.25, 0.3) is 0 Å². The lowest BCUT2D eigenvalue weighted by Crippen LogP contribution is -2.07. The van der Waals surface area contributed by atoms with Crippen LogP contribution in [-0.2, 0) is 14.3 Å². The van der Waals surface area contributed by atoms with Crippen LogP contribution in [-0.4, -0.2) is 23.7 Å². The molecule has 4 nitrogen and oxygen atoms in total. The number of aliphatic carboxylic acids is 1. The van der Waals surface area contributed by atoms with E-state index in [9.17, 15) is 9.59 Å². The van der Waals surface area contributed by atoms with Crippen molar-refractivity contribution in [3.8, 4) is 0 Å². The van der Waals surface area contributed by atoms with Crippen molar-refractivity contribution in [3.05, 3.63) is 36.0 Å². The third-order valence-corrected chi connectivity index (χ3v) is 1.41. The van der Waals surface area contributed by atoms with Crippen LogP contribution in [0.3, 0.4) is 0 Å². The van der Waals surface area contributed by atoms with Gasteiger partial charge in [0.05, 0.1) is 0 Å². The van der Waals surface area contributed by atoms with Gasteiger partial charge in [0.15, 0.2) is 0 Å². The molecule has 0 aliphatic rings. The van der Waals surface area contributed by atoms with Crippen molar-refractivity contribution in [2.24, 2.45) is 0 Å². The van der Waals surface area contributed by atoms with Crippen molar-refractivity contribution in [1.82, 2.24) is 0 Å². The van der Waals surface area contributed by atoms with Crippen molar-refractivity contribution in [2.75, 3.05) is 6.61 Å². The Morgan fingerprint density at radius 1 is 1.33 bits per heavy atom. The number of carbonyl (C=O) groups excluding carboxylic acids is 1. The summed E-state index contributed by atoms with van der Waals surface area (Å²) in [6, 6.07) is 0. The van der Waals surface area contributed by atoms with Gasteiger partial charge in [-0.05, 0) is 19.9 Å². The Kier molecular flexibility index (Phi) is 6.63. The van der Waals surface area contributed by atoms with Gasteiger partial charge >= 0.3 is 11.9 Å². The lowest BCUT2D eigenvalue weighted by molar-refractivity contribution is -0.138. The Morgan fingerprint density at radius 3 is 2.53 bits per heavy atom. The highest BCUT2D eigenvalue weighted by Crippen LogP contribution is 1.96. The van der Waals surface area contributed by atoms with Gasteiger partial charge in [-0.15, -0.1) is 0 Å². The maximum atomic E-state index is 11.1. The van der Waals surface area contributed by atoms with Crippen LogP contribution in [0, 0.1) is 0 Å². The van der Waals surface area contributed by atoms with Crippen LogP contribution >= 0.6 is 0 Å². The molecule has 1 N–H and O–H groups in total. The van der Waals surface area contributed by atoms with Gasteiger partial charge in [0.2, 0.25) is 0 Å². The number of rotatable bonds is 5. The van der Waals surface area contributed by atoms with E-state index in [0.29, 0.717) is 0 Å². The minimum Gasteiger partial charge on any atom is -0.478 e.